The van der Waals surface area contributed by atoms with Crippen LogP contribution in [0.25, 0.3) is 10.9 Å². The quantitative estimate of drug-likeness (QED) is 0.294. The van der Waals surface area contributed by atoms with Gasteiger partial charge in [0.25, 0.3) is 5.56 Å². The minimum absolute atomic E-state index is 0.0974. The Balaban J connectivity index is 1.56. The number of anilines is 1. The molecule has 0 radical (unpaired) electrons. The summed E-state index contributed by atoms with van der Waals surface area (Å²) >= 11 is 1.20. The van der Waals surface area contributed by atoms with Crippen LogP contribution in [0, 0.1) is 5.82 Å². The summed E-state index contributed by atoms with van der Waals surface area (Å²) in [5.41, 5.74) is 3.07. The fourth-order valence-electron chi connectivity index (χ4n) is 3.45. The molecule has 33 heavy (non-hydrogen) atoms. The second-order valence-corrected chi connectivity index (χ2v) is 8.99. The third-order valence-corrected chi connectivity index (χ3v) is 6.25. The molecule has 0 aliphatic rings. The van der Waals surface area contributed by atoms with Crippen LogP contribution in [0.2, 0.25) is 0 Å². The van der Waals surface area contributed by atoms with Gasteiger partial charge in [-0.15, -0.1) is 0 Å². The number of nitrogens with zero attached hydrogens (tertiary/aromatic N) is 2. The molecule has 0 saturated heterocycles. The molecule has 4 rings (SSSR count). The van der Waals surface area contributed by atoms with Gasteiger partial charge in [-0.1, -0.05) is 62.0 Å². The van der Waals surface area contributed by atoms with Crippen LogP contribution in [0.15, 0.2) is 82.7 Å². The lowest BCUT2D eigenvalue weighted by Gasteiger charge is -2.13. The van der Waals surface area contributed by atoms with Crippen LogP contribution in [0.4, 0.5) is 10.1 Å². The van der Waals surface area contributed by atoms with Crippen molar-refractivity contribution in [1.29, 1.82) is 0 Å². The number of fused-ring (bicyclic) bond motifs is 1. The monoisotopic (exact) mass is 461 g/mol. The average Bonchev–Trinajstić information content (AvgIpc) is 2.81. The molecule has 0 unspecified atom stereocenters. The third kappa shape index (κ3) is 5.49. The van der Waals surface area contributed by atoms with E-state index in [-0.39, 0.29) is 29.6 Å². The number of amides is 1. The van der Waals surface area contributed by atoms with Crippen LogP contribution in [0.3, 0.4) is 0 Å². The molecular weight excluding hydrogens is 437 g/mol. The van der Waals surface area contributed by atoms with Crippen molar-refractivity contribution in [2.24, 2.45) is 0 Å². The Hall–Kier alpha value is -3.45. The van der Waals surface area contributed by atoms with Gasteiger partial charge in [0.1, 0.15) is 5.82 Å². The molecule has 0 bridgehead atoms. The van der Waals surface area contributed by atoms with Crippen molar-refractivity contribution in [2.45, 2.75) is 31.5 Å². The van der Waals surface area contributed by atoms with Gasteiger partial charge in [-0.25, -0.2) is 9.37 Å². The fraction of sp³-hybridized carbons (Fsp3) is 0.192. The van der Waals surface area contributed by atoms with Crippen LogP contribution in [0.5, 0.6) is 0 Å². The zero-order valence-electron chi connectivity index (χ0n) is 18.4. The minimum atomic E-state index is -0.338. The second-order valence-electron chi connectivity index (χ2n) is 8.04. The summed E-state index contributed by atoms with van der Waals surface area (Å²) in [6, 6.07) is 20.9. The molecule has 0 aliphatic heterocycles. The minimum Gasteiger partial charge on any atom is -0.325 e. The fourth-order valence-corrected chi connectivity index (χ4v) is 4.25. The molecule has 1 amide bonds. The molecule has 1 heterocycles. The van der Waals surface area contributed by atoms with E-state index in [9.17, 15) is 14.0 Å². The first-order valence-corrected chi connectivity index (χ1v) is 11.7. The number of aromatic nitrogens is 2. The number of carbonyl (C=O) groups is 1. The molecule has 168 valence electrons. The zero-order chi connectivity index (χ0) is 23.4. The number of benzene rings is 3. The molecule has 5 nitrogen and oxygen atoms in total. The lowest BCUT2D eigenvalue weighted by molar-refractivity contribution is -0.113. The maximum atomic E-state index is 13.3. The number of thioether (sulfide) groups is 1. The number of nitrogens with one attached hydrogen (secondary N) is 1. The second kappa shape index (κ2) is 10.0. The molecule has 0 atom stereocenters. The van der Waals surface area contributed by atoms with Crippen LogP contribution in [0.1, 0.15) is 30.9 Å². The van der Waals surface area contributed by atoms with E-state index >= 15 is 0 Å². The predicted octanol–water partition coefficient (Wildman–Crippen LogP) is 5.44. The normalized spacial score (nSPS) is 11.2. The van der Waals surface area contributed by atoms with E-state index in [0.29, 0.717) is 22.0 Å². The van der Waals surface area contributed by atoms with Gasteiger partial charge in [0.2, 0.25) is 5.91 Å². The maximum absolute atomic E-state index is 13.3. The molecule has 7 heteroatoms. The van der Waals surface area contributed by atoms with Crippen molar-refractivity contribution in [2.75, 3.05) is 11.1 Å². The van der Waals surface area contributed by atoms with E-state index in [2.05, 4.69) is 24.1 Å². The maximum Gasteiger partial charge on any atom is 0.262 e. The summed E-state index contributed by atoms with van der Waals surface area (Å²) in [6.45, 7) is 4.47. The number of hydrogen-bond acceptors (Lipinski definition) is 4. The van der Waals surface area contributed by atoms with E-state index in [1.54, 1.807) is 30.3 Å². The molecule has 0 saturated carbocycles. The summed E-state index contributed by atoms with van der Waals surface area (Å²) < 4.78 is 14.8. The van der Waals surface area contributed by atoms with Gasteiger partial charge in [0.05, 0.1) is 23.2 Å². The predicted molar refractivity (Wildman–Crippen MR) is 131 cm³/mol. The Morgan fingerprint density at radius 1 is 1.03 bits per heavy atom. The molecule has 4 aromatic rings. The topological polar surface area (TPSA) is 64.0 Å². The Labute approximate surface area is 195 Å². The average molecular weight is 462 g/mol. The lowest BCUT2D eigenvalue weighted by Crippen LogP contribution is -2.25. The Morgan fingerprint density at radius 3 is 2.42 bits per heavy atom. The van der Waals surface area contributed by atoms with Crippen molar-refractivity contribution in [1.82, 2.24) is 9.55 Å². The van der Waals surface area contributed by atoms with Crippen molar-refractivity contribution < 1.29 is 9.18 Å². The van der Waals surface area contributed by atoms with Gasteiger partial charge >= 0.3 is 0 Å². The Bertz CT molecular complexity index is 1330. The van der Waals surface area contributed by atoms with Gasteiger partial charge in [0, 0.05) is 5.69 Å². The molecule has 1 N–H and O–H groups in total. The van der Waals surface area contributed by atoms with Crippen molar-refractivity contribution in [3.63, 3.8) is 0 Å². The lowest BCUT2D eigenvalue weighted by atomic mass is 10.0. The number of rotatable bonds is 7. The highest BCUT2D eigenvalue weighted by atomic mass is 32.2. The Kier molecular flexibility index (Phi) is 6.89. The first-order valence-electron chi connectivity index (χ1n) is 10.7. The molecule has 0 fully saturated rings. The van der Waals surface area contributed by atoms with Crippen LogP contribution < -0.4 is 10.9 Å². The first-order chi connectivity index (χ1) is 15.9. The van der Waals surface area contributed by atoms with E-state index in [0.717, 1.165) is 11.3 Å². The van der Waals surface area contributed by atoms with E-state index in [4.69, 9.17) is 0 Å². The number of halogens is 1. The van der Waals surface area contributed by atoms with Gasteiger partial charge in [-0.05, 0) is 53.4 Å². The highest BCUT2D eigenvalue weighted by Crippen LogP contribution is 2.21. The van der Waals surface area contributed by atoms with E-state index < -0.39 is 0 Å². The van der Waals surface area contributed by atoms with Crippen LogP contribution >= 0.6 is 11.8 Å². The summed E-state index contributed by atoms with van der Waals surface area (Å²) in [6.07, 6.45) is 0. The van der Waals surface area contributed by atoms with Crippen molar-refractivity contribution >= 4 is 34.3 Å². The standard InChI is InChI=1S/C26H24FN3O2S/c1-17(2)19-9-13-21(14-10-19)28-24(31)16-33-26-29-23-6-4-3-5-22(23)25(32)30(26)15-18-7-11-20(27)12-8-18/h3-14,17H,15-16H2,1-2H3,(H,28,31). The van der Waals surface area contributed by atoms with Gasteiger partial charge < -0.3 is 5.32 Å². The Morgan fingerprint density at radius 2 is 1.73 bits per heavy atom. The largest absolute Gasteiger partial charge is 0.325 e. The molecule has 0 aliphatic carbocycles. The third-order valence-electron chi connectivity index (χ3n) is 5.27. The number of para-hydroxylation sites is 1. The SMILES string of the molecule is CC(C)c1ccc(NC(=O)CSc2nc3ccccc3c(=O)n2Cc2ccc(F)cc2)cc1. The summed E-state index contributed by atoms with van der Waals surface area (Å²) in [5, 5.41) is 3.83. The zero-order valence-corrected chi connectivity index (χ0v) is 19.2. The molecule has 1 aromatic heterocycles. The van der Waals surface area contributed by atoms with E-state index in [1.807, 2.05) is 30.3 Å². The van der Waals surface area contributed by atoms with Gasteiger partial charge in [-0.2, -0.15) is 0 Å². The van der Waals surface area contributed by atoms with Crippen LogP contribution in [-0.2, 0) is 11.3 Å². The van der Waals surface area contributed by atoms with Crippen molar-refractivity contribution in [3.8, 4) is 0 Å². The van der Waals surface area contributed by atoms with Crippen molar-refractivity contribution in [3.05, 3.63) is 100 Å². The van der Waals surface area contributed by atoms with Crippen LogP contribution in [-0.4, -0.2) is 21.2 Å². The van der Waals surface area contributed by atoms with Gasteiger partial charge in [-0.3, -0.25) is 14.2 Å². The summed E-state index contributed by atoms with van der Waals surface area (Å²) in [4.78, 5) is 30.4. The summed E-state index contributed by atoms with van der Waals surface area (Å²) in [7, 11) is 0. The summed E-state index contributed by atoms with van der Waals surface area (Å²) in [5.74, 6) is -0.00858. The van der Waals surface area contributed by atoms with E-state index in [1.165, 1.54) is 34.0 Å². The van der Waals surface area contributed by atoms with Gasteiger partial charge in [0.15, 0.2) is 5.16 Å². The molecule has 0 spiro atoms. The highest BCUT2D eigenvalue weighted by Gasteiger charge is 2.14. The molecule has 3 aromatic carbocycles. The molecular formula is C26H24FN3O2S. The highest BCUT2D eigenvalue weighted by molar-refractivity contribution is 7.99. The smallest absolute Gasteiger partial charge is 0.262 e. The number of hydrogen-bond donors (Lipinski definition) is 1. The number of carbonyl (C=O) groups excluding carboxylic acids is 1. The first kappa shape index (κ1) is 22.7.